The Kier molecular flexibility index (Phi) is 8.38. The zero-order valence-electron chi connectivity index (χ0n) is 19.6. The van der Waals surface area contributed by atoms with Crippen molar-refractivity contribution in [2.45, 2.75) is 26.3 Å². The van der Waals surface area contributed by atoms with Crippen molar-refractivity contribution < 1.29 is 24.0 Å². The number of ether oxygens (including phenoxy) is 2. The minimum Gasteiger partial charge on any atom is -0.490 e. The van der Waals surface area contributed by atoms with Crippen molar-refractivity contribution in [2.24, 2.45) is 11.0 Å². The molecule has 3 aromatic rings. The largest absolute Gasteiger partial charge is 0.490 e. The number of amides is 2. The first kappa shape index (κ1) is 25.2. The molecule has 0 spiro atoms. The molecule has 2 aromatic carbocycles. The first-order chi connectivity index (χ1) is 16.8. The second-order valence-corrected chi connectivity index (χ2v) is 8.18. The normalized spacial score (nSPS) is 12.0. The minimum atomic E-state index is -0.976. The third kappa shape index (κ3) is 6.79. The number of carbonyl (C=O) groups excluding carboxylic acids is 2. The van der Waals surface area contributed by atoms with E-state index in [9.17, 15) is 19.7 Å². The summed E-state index contributed by atoms with van der Waals surface area (Å²) in [6.07, 6.45) is 2.53. The van der Waals surface area contributed by atoms with Gasteiger partial charge in [0, 0.05) is 35.2 Å². The third-order valence-corrected chi connectivity index (χ3v) is 5.04. The molecule has 2 amide bonds. The van der Waals surface area contributed by atoms with Crippen molar-refractivity contribution in [2.75, 3.05) is 13.7 Å². The molecule has 11 nitrogen and oxygen atoms in total. The van der Waals surface area contributed by atoms with Gasteiger partial charge in [-0.05, 0) is 29.7 Å². The van der Waals surface area contributed by atoms with Crippen LogP contribution in [0.3, 0.4) is 0 Å². The standard InChI is InChI=1S/C24H27N5O6/c1-15(2)14-35-24(31)27-20(11-17-13-25-19-7-5-4-6-18(17)19)23(30)28-26-12-16-8-9-22(34-3)21(10-16)29(32)33/h4-10,12-13,15,20,25H,11,14H2,1-3H3,(H,27,31)(H,28,30)/b26-12-/t20-/m0/s1. The van der Waals surface area contributed by atoms with Gasteiger partial charge in [-0.25, -0.2) is 10.2 Å². The maximum atomic E-state index is 12.9. The van der Waals surface area contributed by atoms with Gasteiger partial charge in [-0.15, -0.1) is 0 Å². The summed E-state index contributed by atoms with van der Waals surface area (Å²) in [6, 6.07) is 10.9. The molecular weight excluding hydrogens is 454 g/mol. The summed E-state index contributed by atoms with van der Waals surface area (Å²) < 4.78 is 10.1. The lowest BCUT2D eigenvalue weighted by Crippen LogP contribution is -2.47. The predicted octanol–water partition coefficient (Wildman–Crippen LogP) is 3.53. The van der Waals surface area contributed by atoms with Gasteiger partial charge in [0.1, 0.15) is 6.04 Å². The van der Waals surface area contributed by atoms with Gasteiger partial charge >= 0.3 is 11.8 Å². The summed E-state index contributed by atoms with van der Waals surface area (Å²) in [4.78, 5) is 39.0. The van der Waals surface area contributed by atoms with Gasteiger partial charge in [-0.2, -0.15) is 5.10 Å². The molecule has 0 radical (unpaired) electrons. The van der Waals surface area contributed by atoms with E-state index in [1.165, 1.54) is 25.5 Å². The Morgan fingerprint density at radius 3 is 2.71 bits per heavy atom. The second-order valence-electron chi connectivity index (χ2n) is 8.18. The van der Waals surface area contributed by atoms with Crippen LogP contribution in [-0.4, -0.2) is 47.9 Å². The second kappa shape index (κ2) is 11.6. The number of hydrazone groups is 1. The molecule has 11 heteroatoms. The summed E-state index contributed by atoms with van der Waals surface area (Å²) in [5.41, 5.74) is 4.28. The first-order valence-electron chi connectivity index (χ1n) is 10.9. The Hall–Kier alpha value is -4.41. The van der Waals surface area contributed by atoms with Gasteiger partial charge in [0.2, 0.25) is 0 Å². The SMILES string of the molecule is COc1ccc(/C=N\NC(=O)[C@H](Cc2c[nH]c3ccccc23)NC(=O)OCC(C)C)cc1[N+](=O)[O-]. The zero-order valence-corrected chi connectivity index (χ0v) is 19.6. The molecular formula is C24H27N5O6. The molecule has 3 rings (SSSR count). The highest BCUT2D eigenvalue weighted by Crippen LogP contribution is 2.26. The van der Waals surface area contributed by atoms with Gasteiger partial charge in [-0.3, -0.25) is 14.9 Å². The number of nitrogens with one attached hydrogen (secondary N) is 3. The van der Waals surface area contributed by atoms with E-state index in [2.05, 4.69) is 20.8 Å². The molecule has 0 aliphatic carbocycles. The highest BCUT2D eigenvalue weighted by molar-refractivity contribution is 5.89. The van der Waals surface area contributed by atoms with Gasteiger partial charge in [0.25, 0.3) is 5.91 Å². The van der Waals surface area contributed by atoms with Crippen molar-refractivity contribution in [1.29, 1.82) is 0 Å². The van der Waals surface area contributed by atoms with Crippen LogP contribution in [0.15, 0.2) is 53.8 Å². The topological polar surface area (TPSA) is 148 Å². The number of alkyl carbamates (subject to hydrolysis) is 1. The fraction of sp³-hybridized carbons (Fsp3) is 0.292. The number of fused-ring (bicyclic) bond motifs is 1. The van der Waals surface area contributed by atoms with Crippen molar-refractivity contribution in [3.63, 3.8) is 0 Å². The number of benzene rings is 2. The molecule has 1 atom stereocenters. The van der Waals surface area contributed by atoms with Crippen LogP contribution in [0.4, 0.5) is 10.5 Å². The maximum Gasteiger partial charge on any atom is 0.407 e. The average Bonchev–Trinajstić information content (AvgIpc) is 3.25. The quantitative estimate of drug-likeness (QED) is 0.229. The number of para-hydroxylation sites is 1. The first-order valence-corrected chi connectivity index (χ1v) is 10.9. The maximum absolute atomic E-state index is 12.9. The molecule has 1 aromatic heterocycles. The van der Waals surface area contributed by atoms with Crippen molar-refractivity contribution in [1.82, 2.24) is 15.7 Å². The smallest absolute Gasteiger partial charge is 0.407 e. The molecule has 0 aliphatic heterocycles. The van der Waals surface area contributed by atoms with Crippen LogP contribution in [0.1, 0.15) is 25.0 Å². The van der Waals surface area contributed by atoms with Gasteiger partial charge in [0.05, 0.1) is 24.9 Å². The Balaban J connectivity index is 1.75. The van der Waals surface area contributed by atoms with E-state index >= 15 is 0 Å². The Labute approximate surface area is 201 Å². The minimum absolute atomic E-state index is 0.110. The monoisotopic (exact) mass is 481 g/mol. The Morgan fingerprint density at radius 1 is 1.23 bits per heavy atom. The number of nitrogens with zero attached hydrogens (tertiary/aromatic N) is 2. The molecule has 0 saturated heterocycles. The van der Waals surface area contributed by atoms with Gasteiger partial charge in [-0.1, -0.05) is 32.0 Å². The highest BCUT2D eigenvalue weighted by atomic mass is 16.6. The number of H-pyrrole nitrogens is 1. The van der Waals surface area contributed by atoms with Crippen LogP contribution in [0, 0.1) is 16.0 Å². The summed E-state index contributed by atoms with van der Waals surface area (Å²) in [7, 11) is 1.34. The highest BCUT2D eigenvalue weighted by Gasteiger charge is 2.23. The van der Waals surface area contributed by atoms with Gasteiger partial charge < -0.3 is 19.8 Å². The number of rotatable bonds is 10. The Bertz CT molecular complexity index is 1240. The van der Waals surface area contributed by atoms with E-state index in [0.29, 0.717) is 5.56 Å². The van der Waals surface area contributed by atoms with Crippen molar-refractivity contribution in [3.8, 4) is 5.75 Å². The molecule has 35 heavy (non-hydrogen) atoms. The van der Waals surface area contributed by atoms with E-state index in [-0.39, 0.29) is 30.4 Å². The lowest BCUT2D eigenvalue weighted by atomic mass is 10.0. The van der Waals surface area contributed by atoms with Crippen molar-refractivity contribution >= 4 is 34.8 Å². The van der Waals surface area contributed by atoms with Crippen LogP contribution >= 0.6 is 0 Å². The predicted molar refractivity (Wildman–Crippen MR) is 130 cm³/mol. The number of carbonyl (C=O) groups is 2. The molecule has 0 unspecified atom stereocenters. The number of hydrogen-bond donors (Lipinski definition) is 3. The summed E-state index contributed by atoms with van der Waals surface area (Å²) >= 11 is 0. The van der Waals surface area contributed by atoms with Crippen LogP contribution in [0.2, 0.25) is 0 Å². The summed E-state index contributed by atoms with van der Waals surface area (Å²) in [5, 5.41) is 18.6. The number of nitro groups is 1. The average molecular weight is 482 g/mol. The number of methoxy groups -OCH3 is 1. The molecule has 184 valence electrons. The van der Waals surface area contributed by atoms with E-state index in [1.807, 2.05) is 38.1 Å². The van der Waals surface area contributed by atoms with E-state index in [4.69, 9.17) is 9.47 Å². The fourth-order valence-corrected chi connectivity index (χ4v) is 3.33. The van der Waals surface area contributed by atoms with E-state index in [1.54, 1.807) is 12.3 Å². The van der Waals surface area contributed by atoms with E-state index < -0.39 is 23.0 Å². The molecule has 1 heterocycles. The zero-order chi connectivity index (χ0) is 25.4. The molecule has 0 bridgehead atoms. The summed E-state index contributed by atoms with van der Waals surface area (Å²) in [6.45, 7) is 4.02. The van der Waals surface area contributed by atoms with Gasteiger partial charge in [0.15, 0.2) is 5.75 Å². The fourth-order valence-electron chi connectivity index (χ4n) is 3.33. The molecule has 0 saturated carbocycles. The van der Waals surface area contributed by atoms with Crippen LogP contribution in [0.5, 0.6) is 5.75 Å². The van der Waals surface area contributed by atoms with Crippen LogP contribution in [-0.2, 0) is 16.0 Å². The Morgan fingerprint density at radius 2 is 2.00 bits per heavy atom. The van der Waals surface area contributed by atoms with Crippen LogP contribution < -0.4 is 15.5 Å². The summed E-state index contributed by atoms with van der Waals surface area (Å²) in [5.74, 6) is -0.324. The molecule has 3 N–H and O–H groups in total. The third-order valence-electron chi connectivity index (χ3n) is 5.04. The number of hydrogen-bond acceptors (Lipinski definition) is 7. The number of aromatic nitrogens is 1. The molecule has 0 aliphatic rings. The number of nitro benzene ring substituents is 1. The number of aromatic amines is 1. The van der Waals surface area contributed by atoms with E-state index in [0.717, 1.165) is 16.5 Å². The van der Waals surface area contributed by atoms with Crippen molar-refractivity contribution in [3.05, 3.63) is 69.9 Å². The lowest BCUT2D eigenvalue weighted by Gasteiger charge is -2.17. The van der Waals surface area contributed by atoms with Crippen LogP contribution in [0.25, 0.3) is 10.9 Å². The lowest BCUT2D eigenvalue weighted by molar-refractivity contribution is -0.385. The molecule has 0 fully saturated rings.